The number of halogens is 1. The molecule has 156 valence electrons. The number of hydrogen-bond acceptors (Lipinski definition) is 5. The molecule has 2 amide bonds. The Bertz CT molecular complexity index is 1230. The molecule has 1 aliphatic heterocycles. The van der Waals surface area contributed by atoms with E-state index in [2.05, 4.69) is 15.9 Å². The summed E-state index contributed by atoms with van der Waals surface area (Å²) in [5.74, 6) is -0.490. The Hall–Kier alpha value is -3.10. The highest BCUT2D eigenvalue weighted by Gasteiger charge is 2.35. The summed E-state index contributed by atoms with van der Waals surface area (Å²) in [6, 6.07) is 15.8. The van der Waals surface area contributed by atoms with Crippen molar-refractivity contribution >= 4 is 50.9 Å². The lowest BCUT2D eigenvalue weighted by Gasteiger charge is -2.12. The van der Waals surface area contributed by atoms with Gasteiger partial charge in [-0.05, 0) is 60.1 Å². The number of hydrogen-bond donors (Lipinski definition) is 1. The van der Waals surface area contributed by atoms with Gasteiger partial charge in [0, 0.05) is 16.1 Å². The monoisotopic (exact) mass is 497 g/mol. The molecule has 0 saturated carbocycles. The van der Waals surface area contributed by atoms with Crippen molar-refractivity contribution in [3.63, 3.8) is 0 Å². The molecule has 1 aromatic heterocycles. The number of amides is 2. The lowest BCUT2D eigenvalue weighted by atomic mass is 10.0. The van der Waals surface area contributed by atoms with Gasteiger partial charge in [-0.3, -0.25) is 14.5 Å². The van der Waals surface area contributed by atoms with Gasteiger partial charge < -0.3 is 9.52 Å². The van der Waals surface area contributed by atoms with Crippen molar-refractivity contribution in [2.45, 2.75) is 13.5 Å². The van der Waals surface area contributed by atoms with E-state index in [1.807, 2.05) is 24.3 Å². The Morgan fingerprint density at radius 3 is 2.58 bits per heavy atom. The third kappa shape index (κ3) is 4.35. The van der Waals surface area contributed by atoms with Gasteiger partial charge in [0.1, 0.15) is 11.5 Å². The van der Waals surface area contributed by atoms with Gasteiger partial charge >= 0.3 is 5.97 Å². The lowest BCUT2D eigenvalue weighted by molar-refractivity contribution is -0.123. The maximum Gasteiger partial charge on any atom is 0.335 e. The zero-order chi connectivity index (χ0) is 22.1. The van der Waals surface area contributed by atoms with Crippen LogP contribution in [0.5, 0.6) is 0 Å². The van der Waals surface area contributed by atoms with Crippen molar-refractivity contribution < 1.29 is 23.9 Å². The maximum atomic E-state index is 12.7. The molecule has 3 aromatic rings. The summed E-state index contributed by atoms with van der Waals surface area (Å²) in [5, 5.41) is 8.97. The molecule has 0 spiro atoms. The summed E-state index contributed by atoms with van der Waals surface area (Å²) in [5.41, 5.74) is 2.29. The van der Waals surface area contributed by atoms with Crippen molar-refractivity contribution in [2.24, 2.45) is 0 Å². The van der Waals surface area contributed by atoms with Gasteiger partial charge in [0.2, 0.25) is 0 Å². The lowest BCUT2D eigenvalue weighted by Crippen LogP contribution is -2.27. The van der Waals surface area contributed by atoms with Crippen LogP contribution in [-0.2, 0) is 11.3 Å². The van der Waals surface area contributed by atoms with Crippen LogP contribution in [0.1, 0.15) is 27.2 Å². The van der Waals surface area contributed by atoms with Crippen molar-refractivity contribution in [3.8, 4) is 11.3 Å². The number of carbonyl (C=O) groups is 3. The number of aromatic carboxylic acids is 1. The molecule has 1 fully saturated rings. The largest absolute Gasteiger partial charge is 0.478 e. The highest BCUT2D eigenvalue weighted by molar-refractivity contribution is 9.10. The van der Waals surface area contributed by atoms with E-state index in [4.69, 9.17) is 4.42 Å². The Labute approximate surface area is 190 Å². The topological polar surface area (TPSA) is 87.8 Å². The smallest absolute Gasteiger partial charge is 0.335 e. The summed E-state index contributed by atoms with van der Waals surface area (Å²) < 4.78 is 6.75. The number of rotatable bonds is 5. The van der Waals surface area contributed by atoms with E-state index in [1.165, 1.54) is 17.0 Å². The minimum atomic E-state index is -1.01. The van der Waals surface area contributed by atoms with Gasteiger partial charge in [0.05, 0.1) is 17.0 Å². The van der Waals surface area contributed by atoms with E-state index in [1.54, 1.807) is 31.2 Å². The normalized spacial score (nSPS) is 15.2. The van der Waals surface area contributed by atoms with E-state index in [0.29, 0.717) is 22.6 Å². The van der Waals surface area contributed by atoms with E-state index >= 15 is 0 Å². The summed E-state index contributed by atoms with van der Waals surface area (Å²) in [7, 11) is 0. The van der Waals surface area contributed by atoms with Crippen LogP contribution in [0.25, 0.3) is 17.4 Å². The fraction of sp³-hybridized carbons (Fsp3) is 0.0870. The molecule has 0 atom stereocenters. The highest BCUT2D eigenvalue weighted by Crippen LogP contribution is 2.35. The fourth-order valence-electron chi connectivity index (χ4n) is 3.25. The first kappa shape index (κ1) is 21.1. The molecular weight excluding hydrogens is 482 g/mol. The number of imide groups is 1. The number of nitrogens with zero attached hydrogens (tertiary/aromatic N) is 1. The fourth-order valence-corrected chi connectivity index (χ4v) is 4.33. The average Bonchev–Trinajstić information content (AvgIpc) is 3.30. The maximum absolute atomic E-state index is 12.7. The molecule has 8 heteroatoms. The molecular formula is C23H16BrNO5S. The van der Waals surface area contributed by atoms with Gasteiger partial charge in [-0.2, -0.15) is 0 Å². The molecule has 4 rings (SSSR count). The minimum absolute atomic E-state index is 0.194. The second kappa shape index (κ2) is 8.56. The predicted molar refractivity (Wildman–Crippen MR) is 121 cm³/mol. The van der Waals surface area contributed by atoms with E-state index in [9.17, 15) is 19.5 Å². The van der Waals surface area contributed by atoms with Gasteiger partial charge in [-0.25, -0.2) is 4.79 Å². The number of carbonyl (C=O) groups excluding carboxylic acids is 2. The Morgan fingerprint density at radius 1 is 1.13 bits per heavy atom. The Balaban J connectivity index is 1.56. The van der Waals surface area contributed by atoms with E-state index in [-0.39, 0.29) is 28.2 Å². The molecule has 0 bridgehead atoms. The second-order valence-electron chi connectivity index (χ2n) is 6.88. The summed E-state index contributed by atoms with van der Waals surface area (Å²) in [6.07, 6.45) is 1.53. The molecule has 2 heterocycles. The number of carboxylic acids is 1. The number of furan rings is 1. The van der Waals surface area contributed by atoms with Crippen molar-refractivity contribution in [1.29, 1.82) is 0 Å². The predicted octanol–water partition coefficient (Wildman–Crippen LogP) is 5.95. The van der Waals surface area contributed by atoms with Gasteiger partial charge in [-0.1, -0.05) is 40.2 Å². The summed E-state index contributed by atoms with van der Waals surface area (Å²) >= 11 is 4.23. The SMILES string of the molecule is Cc1c(C(=O)O)cccc1-c1ccc(/C=C2\SC(=O)N(Cc3ccc(Br)cc3)C2=O)o1. The van der Waals surface area contributed by atoms with Crippen LogP contribution in [0, 0.1) is 6.92 Å². The van der Waals surface area contributed by atoms with Crippen molar-refractivity contribution in [1.82, 2.24) is 4.90 Å². The van der Waals surface area contributed by atoms with Crippen LogP contribution in [0.4, 0.5) is 4.79 Å². The molecule has 0 aliphatic carbocycles. The number of thioether (sulfide) groups is 1. The second-order valence-corrected chi connectivity index (χ2v) is 8.79. The van der Waals surface area contributed by atoms with Gasteiger partial charge in [-0.15, -0.1) is 0 Å². The molecule has 6 nitrogen and oxygen atoms in total. The van der Waals surface area contributed by atoms with Gasteiger partial charge in [0.15, 0.2) is 0 Å². The van der Waals surface area contributed by atoms with Gasteiger partial charge in [0.25, 0.3) is 11.1 Å². The van der Waals surface area contributed by atoms with E-state index < -0.39 is 5.97 Å². The van der Waals surface area contributed by atoms with Crippen LogP contribution >= 0.6 is 27.7 Å². The molecule has 1 aliphatic rings. The molecule has 1 N–H and O–H groups in total. The van der Waals surface area contributed by atoms with Crippen molar-refractivity contribution in [3.05, 3.63) is 86.4 Å². The molecule has 2 aromatic carbocycles. The van der Waals surface area contributed by atoms with Crippen LogP contribution in [-0.4, -0.2) is 27.1 Å². The van der Waals surface area contributed by atoms with E-state index in [0.717, 1.165) is 21.8 Å². The summed E-state index contributed by atoms with van der Waals surface area (Å²) in [4.78, 5) is 37.9. The third-order valence-corrected chi connectivity index (χ3v) is 6.29. The first-order chi connectivity index (χ1) is 14.8. The number of carboxylic acid groups (broad SMARTS) is 1. The standard InChI is InChI=1S/C23H16BrNO5S/c1-13-17(3-2-4-18(13)22(27)28)19-10-9-16(30-19)11-20-21(26)25(23(29)31-20)12-14-5-7-15(24)8-6-14/h2-11H,12H2,1H3,(H,27,28)/b20-11-. The van der Waals surface area contributed by atoms with Crippen LogP contribution in [0.15, 0.2) is 68.4 Å². The number of benzene rings is 2. The zero-order valence-corrected chi connectivity index (χ0v) is 18.7. The third-order valence-electron chi connectivity index (χ3n) is 4.86. The first-order valence-electron chi connectivity index (χ1n) is 9.26. The average molecular weight is 498 g/mol. The first-order valence-corrected chi connectivity index (χ1v) is 10.9. The Kier molecular flexibility index (Phi) is 5.84. The van der Waals surface area contributed by atoms with Crippen LogP contribution in [0.2, 0.25) is 0 Å². The molecule has 0 unspecified atom stereocenters. The minimum Gasteiger partial charge on any atom is -0.478 e. The molecule has 31 heavy (non-hydrogen) atoms. The Morgan fingerprint density at radius 2 is 1.87 bits per heavy atom. The van der Waals surface area contributed by atoms with Crippen molar-refractivity contribution in [2.75, 3.05) is 0 Å². The molecule has 1 saturated heterocycles. The molecule has 0 radical (unpaired) electrons. The zero-order valence-electron chi connectivity index (χ0n) is 16.3. The highest BCUT2D eigenvalue weighted by atomic mass is 79.9. The van der Waals surface area contributed by atoms with Crippen LogP contribution in [0.3, 0.4) is 0 Å². The quantitative estimate of drug-likeness (QED) is 0.438. The summed E-state index contributed by atoms with van der Waals surface area (Å²) in [6.45, 7) is 1.91. The van der Waals surface area contributed by atoms with Crippen LogP contribution < -0.4 is 0 Å².